The normalized spacial score (nSPS) is 10.2. The highest BCUT2D eigenvalue weighted by molar-refractivity contribution is 6.09. The van der Waals surface area contributed by atoms with E-state index in [1.807, 2.05) is 18.2 Å². The van der Waals surface area contributed by atoms with Gasteiger partial charge in [-0.05, 0) is 30.3 Å². The molecule has 0 fully saturated rings. The van der Waals surface area contributed by atoms with Gasteiger partial charge < -0.3 is 15.6 Å². The van der Waals surface area contributed by atoms with Crippen molar-refractivity contribution in [3.63, 3.8) is 0 Å². The molecule has 1 aromatic heterocycles. The van der Waals surface area contributed by atoms with Crippen LogP contribution in [0.3, 0.4) is 0 Å². The van der Waals surface area contributed by atoms with Crippen molar-refractivity contribution in [3.8, 4) is 0 Å². The van der Waals surface area contributed by atoms with Gasteiger partial charge in [-0.3, -0.25) is 14.4 Å². The fraction of sp³-hybridized carbons (Fsp3) is 0.0500. The Morgan fingerprint density at radius 3 is 2.15 bits per heavy atom. The largest absolute Gasteiger partial charge is 0.367 e. The molecule has 3 rings (SSSR count). The number of aromatic nitrogens is 1. The van der Waals surface area contributed by atoms with Gasteiger partial charge in [-0.25, -0.2) is 0 Å². The Morgan fingerprint density at radius 2 is 1.50 bits per heavy atom. The SMILES string of the molecule is O=C(CNC(=O)c1ccc(C(=O)c2cc[nH]c2)cc1)Nc1ccccc1. The van der Waals surface area contributed by atoms with E-state index >= 15 is 0 Å². The third-order valence-electron chi connectivity index (χ3n) is 3.74. The van der Waals surface area contributed by atoms with Crippen LogP contribution in [0.4, 0.5) is 5.69 Å². The van der Waals surface area contributed by atoms with Gasteiger partial charge in [0.05, 0.1) is 6.54 Å². The molecule has 2 aromatic carbocycles. The highest BCUT2D eigenvalue weighted by atomic mass is 16.2. The molecule has 6 nitrogen and oxygen atoms in total. The number of rotatable bonds is 6. The number of hydrogen-bond donors (Lipinski definition) is 3. The van der Waals surface area contributed by atoms with E-state index in [-0.39, 0.29) is 24.1 Å². The Balaban J connectivity index is 1.55. The Labute approximate surface area is 150 Å². The summed E-state index contributed by atoms with van der Waals surface area (Å²) in [5, 5.41) is 5.24. The van der Waals surface area contributed by atoms with Crippen LogP contribution in [0.5, 0.6) is 0 Å². The topological polar surface area (TPSA) is 91.1 Å². The highest BCUT2D eigenvalue weighted by Crippen LogP contribution is 2.11. The van der Waals surface area contributed by atoms with Crippen LogP contribution in [0.1, 0.15) is 26.3 Å². The summed E-state index contributed by atoms with van der Waals surface area (Å²) in [5.74, 6) is -0.821. The number of anilines is 1. The Bertz CT molecular complexity index is 901. The molecule has 1 heterocycles. The molecule has 0 spiro atoms. The molecule has 0 aliphatic rings. The molecule has 0 unspecified atom stereocenters. The van der Waals surface area contributed by atoms with Crippen LogP contribution < -0.4 is 10.6 Å². The van der Waals surface area contributed by atoms with Gasteiger partial charge in [0.15, 0.2) is 5.78 Å². The maximum Gasteiger partial charge on any atom is 0.251 e. The molecular formula is C20H17N3O3. The summed E-state index contributed by atoms with van der Waals surface area (Å²) in [6.45, 7) is -0.141. The number of amides is 2. The van der Waals surface area contributed by atoms with Gasteiger partial charge >= 0.3 is 0 Å². The van der Waals surface area contributed by atoms with E-state index in [4.69, 9.17) is 0 Å². The van der Waals surface area contributed by atoms with Crippen molar-refractivity contribution in [1.29, 1.82) is 0 Å². The number of nitrogens with one attached hydrogen (secondary N) is 3. The van der Waals surface area contributed by atoms with Gasteiger partial charge in [0.2, 0.25) is 5.91 Å². The third kappa shape index (κ3) is 4.24. The van der Waals surface area contributed by atoms with Crippen LogP contribution in [0.25, 0.3) is 0 Å². The van der Waals surface area contributed by atoms with Gasteiger partial charge in [0, 0.05) is 34.8 Å². The van der Waals surface area contributed by atoms with Crippen LogP contribution in [0, 0.1) is 0 Å². The lowest BCUT2D eigenvalue weighted by Crippen LogP contribution is -2.32. The maximum absolute atomic E-state index is 12.2. The molecule has 0 radical (unpaired) electrons. The van der Waals surface area contributed by atoms with E-state index in [9.17, 15) is 14.4 Å². The molecule has 2 amide bonds. The summed E-state index contributed by atoms with van der Waals surface area (Å²) in [7, 11) is 0. The van der Waals surface area contributed by atoms with Gasteiger partial charge in [-0.2, -0.15) is 0 Å². The summed E-state index contributed by atoms with van der Waals surface area (Å²) in [6.07, 6.45) is 3.30. The molecule has 0 bridgehead atoms. The molecule has 0 saturated carbocycles. The molecule has 130 valence electrons. The fourth-order valence-electron chi connectivity index (χ4n) is 2.39. The van der Waals surface area contributed by atoms with Crippen molar-refractivity contribution >= 4 is 23.3 Å². The average molecular weight is 347 g/mol. The molecule has 3 N–H and O–H groups in total. The lowest BCUT2D eigenvalue weighted by atomic mass is 10.0. The van der Waals surface area contributed by atoms with E-state index < -0.39 is 0 Å². The lowest BCUT2D eigenvalue weighted by molar-refractivity contribution is -0.115. The Morgan fingerprint density at radius 1 is 0.808 bits per heavy atom. The average Bonchev–Trinajstić information content (AvgIpc) is 3.21. The molecule has 0 aliphatic carbocycles. The minimum absolute atomic E-state index is 0.125. The maximum atomic E-state index is 12.2. The highest BCUT2D eigenvalue weighted by Gasteiger charge is 2.12. The van der Waals surface area contributed by atoms with Crippen molar-refractivity contribution in [2.75, 3.05) is 11.9 Å². The monoisotopic (exact) mass is 347 g/mol. The Hall–Kier alpha value is -3.67. The number of hydrogen-bond acceptors (Lipinski definition) is 3. The van der Waals surface area contributed by atoms with Crippen molar-refractivity contribution in [2.24, 2.45) is 0 Å². The summed E-state index contributed by atoms with van der Waals surface area (Å²) in [5.41, 5.74) is 2.09. The van der Waals surface area contributed by atoms with E-state index in [2.05, 4.69) is 15.6 Å². The second-order valence-electron chi connectivity index (χ2n) is 5.60. The van der Waals surface area contributed by atoms with Crippen molar-refractivity contribution in [2.45, 2.75) is 0 Å². The number of para-hydroxylation sites is 1. The first-order chi connectivity index (χ1) is 12.6. The smallest absolute Gasteiger partial charge is 0.251 e. The predicted octanol–water partition coefficient (Wildman–Crippen LogP) is 2.61. The molecule has 26 heavy (non-hydrogen) atoms. The first-order valence-electron chi connectivity index (χ1n) is 8.04. The van der Waals surface area contributed by atoms with Crippen LogP contribution in [0.15, 0.2) is 73.1 Å². The molecule has 0 aliphatic heterocycles. The summed E-state index contributed by atoms with van der Waals surface area (Å²) in [6, 6.07) is 17.0. The standard InChI is InChI=1S/C20H17N3O3/c24-18(23-17-4-2-1-3-5-17)13-22-20(26)15-8-6-14(7-9-15)19(25)16-10-11-21-12-16/h1-12,21H,13H2,(H,22,26)(H,23,24). The third-order valence-corrected chi connectivity index (χ3v) is 3.74. The zero-order valence-electron chi connectivity index (χ0n) is 13.9. The molecule has 3 aromatic rings. The zero-order valence-corrected chi connectivity index (χ0v) is 13.9. The first-order valence-corrected chi connectivity index (χ1v) is 8.04. The van der Waals surface area contributed by atoms with Crippen LogP contribution in [0.2, 0.25) is 0 Å². The Kier molecular flexibility index (Phi) is 5.24. The lowest BCUT2D eigenvalue weighted by Gasteiger charge is -2.07. The minimum atomic E-state index is -0.381. The number of carbonyl (C=O) groups is 3. The number of carbonyl (C=O) groups excluding carboxylic acids is 3. The van der Waals surface area contributed by atoms with Gasteiger partial charge in [0.25, 0.3) is 5.91 Å². The van der Waals surface area contributed by atoms with Crippen LogP contribution in [-0.4, -0.2) is 29.1 Å². The number of H-pyrrole nitrogens is 1. The van der Waals surface area contributed by atoms with Crippen molar-refractivity contribution in [1.82, 2.24) is 10.3 Å². The zero-order chi connectivity index (χ0) is 18.4. The quantitative estimate of drug-likeness (QED) is 0.599. The second kappa shape index (κ2) is 7.94. The molecule has 6 heteroatoms. The van der Waals surface area contributed by atoms with E-state index in [0.717, 1.165) is 0 Å². The van der Waals surface area contributed by atoms with E-state index in [1.165, 1.54) is 0 Å². The first kappa shape index (κ1) is 17.2. The van der Waals surface area contributed by atoms with Crippen molar-refractivity contribution in [3.05, 3.63) is 89.7 Å². The fourth-order valence-corrected chi connectivity index (χ4v) is 2.39. The van der Waals surface area contributed by atoms with E-state index in [1.54, 1.807) is 54.9 Å². The van der Waals surface area contributed by atoms with Crippen LogP contribution >= 0.6 is 0 Å². The van der Waals surface area contributed by atoms with E-state index in [0.29, 0.717) is 22.4 Å². The molecular weight excluding hydrogens is 330 g/mol. The van der Waals surface area contributed by atoms with Crippen molar-refractivity contribution < 1.29 is 14.4 Å². The second-order valence-corrected chi connectivity index (χ2v) is 5.60. The van der Waals surface area contributed by atoms with Gasteiger partial charge in [0.1, 0.15) is 0 Å². The van der Waals surface area contributed by atoms with Gasteiger partial charge in [-0.15, -0.1) is 0 Å². The van der Waals surface area contributed by atoms with Crippen LogP contribution in [-0.2, 0) is 4.79 Å². The predicted molar refractivity (Wildman–Crippen MR) is 98.1 cm³/mol. The summed E-state index contributed by atoms with van der Waals surface area (Å²) in [4.78, 5) is 39.0. The summed E-state index contributed by atoms with van der Waals surface area (Å²) >= 11 is 0. The number of aromatic amines is 1. The molecule has 0 saturated heterocycles. The molecule has 0 atom stereocenters. The van der Waals surface area contributed by atoms with Gasteiger partial charge in [-0.1, -0.05) is 30.3 Å². The number of ketones is 1. The summed E-state index contributed by atoms with van der Waals surface area (Å²) < 4.78 is 0. The number of benzene rings is 2. The minimum Gasteiger partial charge on any atom is -0.367 e.